The fourth-order valence-corrected chi connectivity index (χ4v) is 3.54. The second kappa shape index (κ2) is 8.48. The Balaban J connectivity index is 1.59. The molecule has 3 aromatic rings. The van der Waals surface area contributed by atoms with Crippen molar-refractivity contribution >= 4 is 5.91 Å². The Morgan fingerprint density at radius 1 is 1.10 bits per heavy atom. The molecule has 3 aromatic heterocycles. The monoisotopic (exact) mass is 408 g/mol. The zero-order chi connectivity index (χ0) is 21.1. The molecule has 4 rings (SSSR count). The normalized spacial score (nSPS) is 18.8. The number of hydrogen-bond donors (Lipinski definition) is 0. The van der Waals surface area contributed by atoms with Crippen LogP contribution in [-0.2, 0) is 0 Å². The molecule has 0 spiro atoms. The molecule has 1 saturated heterocycles. The number of amides is 1. The van der Waals surface area contributed by atoms with Gasteiger partial charge in [0.05, 0.1) is 31.6 Å². The number of aryl methyl sites for hydroxylation is 1. The van der Waals surface area contributed by atoms with Crippen molar-refractivity contribution in [3.63, 3.8) is 0 Å². The summed E-state index contributed by atoms with van der Waals surface area (Å²) in [6.07, 6.45) is 6.37. The van der Waals surface area contributed by atoms with E-state index in [1.54, 1.807) is 18.3 Å². The van der Waals surface area contributed by atoms with Gasteiger partial charge in [-0.2, -0.15) is 15.2 Å². The molecule has 0 N–H and O–H groups in total. The van der Waals surface area contributed by atoms with E-state index in [1.807, 2.05) is 30.9 Å². The topological polar surface area (TPSA) is 95.3 Å². The molecule has 0 aliphatic carbocycles. The van der Waals surface area contributed by atoms with Gasteiger partial charge in [0.25, 0.3) is 5.91 Å². The van der Waals surface area contributed by atoms with E-state index in [2.05, 4.69) is 20.2 Å². The lowest BCUT2D eigenvalue weighted by Crippen LogP contribution is -2.49. The minimum absolute atomic E-state index is 0.0725. The van der Waals surface area contributed by atoms with Crippen LogP contribution in [-0.4, -0.2) is 61.6 Å². The number of carbonyl (C=O) groups excluding carboxylic acids is 1. The standard InChI is InChI=1S/C21H24N6O3/c1-14-8-9-22-19(12-14)30-16-5-4-15(2)26(13-16)21(28)17-6-7-18(29-3)25-20(17)27-23-10-11-24-27/h6-12,15-16H,4-5,13H2,1-3H3/t15-,16-/m1/s1. The van der Waals surface area contributed by atoms with E-state index in [-0.39, 0.29) is 18.1 Å². The van der Waals surface area contributed by atoms with E-state index in [9.17, 15) is 4.79 Å². The van der Waals surface area contributed by atoms with Gasteiger partial charge >= 0.3 is 0 Å². The molecule has 9 heteroatoms. The maximum atomic E-state index is 13.5. The number of methoxy groups -OCH3 is 1. The van der Waals surface area contributed by atoms with Gasteiger partial charge in [-0.1, -0.05) is 0 Å². The van der Waals surface area contributed by atoms with Gasteiger partial charge in [-0.15, -0.1) is 4.80 Å². The van der Waals surface area contributed by atoms with Crippen molar-refractivity contribution < 1.29 is 14.3 Å². The van der Waals surface area contributed by atoms with Crippen molar-refractivity contribution in [3.05, 3.63) is 54.0 Å². The zero-order valence-corrected chi connectivity index (χ0v) is 17.2. The number of ether oxygens (including phenoxy) is 2. The Labute approximate surface area is 174 Å². The Kier molecular flexibility index (Phi) is 5.60. The van der Waals surface area contributed by atoms with Crippen LogP contribution in [0.1, 0.15) is 35.7 Å². The third-order valence-electron chi connectivity index (χ3n) is 5.17. The molecule has 1 fully saturated rings. The largest absolute Gasteiger partial charge is 0.481 e. The van der Waals surface area contributed by atoms with Gasteiger partial charge in [0, 0.05) is 24.4 Å². The summed E-state index contributed by atoms with van der Waals surface area (Å²) in [6.45, 7) is 4.50. The molecule has 0 unspecified atom stereocenters. The van der Waals surface area contributed by atoms with E-state index >= 15 is 0 Å². The minimum atomic E-state index is -0.143. The Hall–Kier alpha value is -3.49. The van der Waals surface area contributed by atoms with Gasteiger partial charge in [0.15, 0.2) is 5.82 Å². The first kappa shape index (κ1) is 19.8. The molecule has 0 bridgehead atoms. The summed E-state index contributed by atoms with van der Waals surface area (Å²) in [7, 11) is 1.53. The summed E-state index contributed by atoms with van der Waals surface area (Å²) >= 11 is 0. The Bertz CT molecular complexity index is 1020. The molecule has 0 saturated carbocycles. The number of rotatable bonds is 5. The Morgan fingerprint density at radius 2 is 1.90 bits per heavy atom. The molecule has 1 aliphatic heterocycles. The summed E-state index contributed by atoms with van der Waals surface area (Å²) in [5, 5.41) is 8.26. The third kappa shape index (κ3) is 4.10. The van der Waals surface area contributed by atoms with Crippen LogP contribution >= 0.6 is 0 Å². The number of pyridine rings is 2. The minimum Gasteiger partial charge on any atom is -0.481 e. The molecule has 4 heterocycles. The number of hydrogen-bond acceptors (Lipinski definition) is 7. The second-order valence-corrected chi connectivity index (χ2v) is 7.34. The predicted molar refractivity (Wildman–Crippen MR) is 109 cm³/mol. The molecule has 9 nitrogen and oxygen atoms in total. The van der Waals surface area contributed by atoms with Gasteiger partial charge in [-0.25, -0.2) is 4.98 Å². The summed E-state index contributed by atoms with van der Waals surface area (Å²) in [6, 6.07) is 7.26. The molecule has 1 aliphatic rings. The van der Waals surface area contributed by atoms with Crippen molar-refractivity contribution in [2.45, 2.75) is 38.8 Å². The van der Waals surface area contributed by atoms with E-state index < -0.39 is 0 Å². The van der Waals surface area contributed by atoms with Crippen LogP contribution in [0.4, 0.5) is 0 Å². The summed E-state index contributed by atoms with van der Waals surface area (Å²) < 4.78 is 11.3. The van der Waals surface area contributed by atoms with Crippen molar-refractivity contribution in [1.29, 1.82) is 0 Å². The van der Waals surface area contributed by atoms with Gasteiger partial charge < -0.3 is 14.4 Å². The van der Waals surface area contributed by atoms with E-state index in [1.165, 1.54) is 24.3 Å². The number of aromatic nitrogens is 5. The van der Waals surface area contributed by atoms with Crippen molar-refractivity contribution in [2.75, 3.05) is 13.7 Å². The molecule has 30 heavy (non-hydrogen) atoms. The van der Waals surface area contributed by atoms with Gasteiger partial charge in [0.1, 0.15) is 6.10 Å². The first-order valence-corrected chi connectivity index (χ1v) is 9.87. The van der Waals surface area contributed by atoms with Crippen LogP contribution in [0.25, 0.3) is 5.82 Å². The lowest BCUT2D eigenvalue weighted by atomic mass is 10.00. The molecule has 0 radical (unpaired) electrons. The highest BCUT2D eigenvalue weighted by molar-refractivity contribution is 5.97. The molecule has 0 aromatic carbocycles. The molecular weight excluding hydrogens is 384 g/mol. The Morgan fingerprint density at radius 3 is 2.63 bits per heavy atom. The molecular formula is C21H24N6O3. The average Bonchev–Trinajstić information content (AvgIpc) is 3.29. The van der Waals surface area contributed by atoms with Crippen LogP contribution in [0, 0.1) is 6.92 Å². The smallest absolute Gasteiger partial charge is 0.258 e. The van der Waals surface area contributed by atoms with E-state index in [4.69, 9.17) is 9.47 Å². The summed E-state index contributed by atoms with van der Waals surface area (Å²) in [5.74, 6) is 1.15. The fraction of sp³-hybridized carbons (Fsp3) is 0.381. The molecule has 1 amide bonds. The number of nitrogens with zero attached hydrogens (tertiary/aromatic N) is 6. The molecule has 156 valence electrons. The van der Waals surface area contributed by atoms with Crippen molar-refractivity contribution in [1.82, 2.24) is 29.9 Å². The predicted octanol–water partition coefficient (Wildman–Crippen LogP) is 2.45. The lowest BCUT2D eigenvalue weighted by Gasteiger charge is -2.38. The van der Waals surface area contributed by atoms with Crippen LogP contribution in [0.3, 0.4) is 0 Å². The van der Waals surface area contributed by atoms with Crippen LogP contribution < -0.4 is 9.47 Å². The number of piperidine rings is 1. The van der Waals surface area contributed by atoms with Gasteiger partial charge in [-0.3, -0.25) is 4.79 Å². The summed E-state index contributed by atoms with van der Waals surface area (Å²) in [5.41, 5.74) is 1.49. The third-order valence-corrected chi connectivity index (χ3v) is 5.17. The lowest BCUT2D eigenvalue weighted by molar-refractivity contribution is 0.0372. The number of likely N-dealkylation sites (tertiary alicyclic amines) is 1. The highest BCUT2D eigenvalue weighted by Crippen LogP contribution is 2.25. The highest BCUT2D eigenvalue weighted by atomic mass is 16.5. The number of carbonyl (C=O) groups is 1. The van der Waals surface area contributed by atoms with Gasteiger partial charge in [0.2, 0.25) is 11.8 Å². The van der Waals surface area contributed by atoms with Crippen LogP contribution in [0.5, 0.6) is 11.8 Å². The quantitative estimate of drug-likeness (QED) is 0.640. The maximum Gasteiger partial charge on any atom is 0.258 e. The average molecular weight is 408 g/mol. The fourth-order valence-electron chi connectivity index (χ4n) is 3.54. The molecule has 2 atom stereocenters. The van der Waals surface area contributed by atoms with Crippen molar-refractivity contribution in [3.8, 4) is 17.6 Å². The van der Waals surface area contributed by atoms with E-state index in [0.717, 1.165) is 18.4 Å². The van der Waals surface area contributed by atoms with Crippen LogP contribution in [0.15, 0.2) is 42.9 Å². The van der Waals surface area contributed by atoms with Crippen molar-refractivity contribution in [2.24, 2.45) is 0 Å². The van der Waals surface area contributed by atoms with Gasteiger partial charge in [-0.05, 0) is 44.4 Å². The SMILES string of the molecule is COc1ccc(C(=O)N2C[C@H](Oc3cc(C)ccn3)CC[C@H]2C)c(-n2nccn2)n1. The summed E-state index contributed by atoms with van der Waals surface area (Å²) in [4.78, 5) is 25.3. The highest BCUT2D eigenvalue weighted by Gasteiger charge is 2.32. The first-order valence-electron chi connectivity index (χ1n) is 9.87. The second-order valence-electron chi connectivity index (χ2n) is 7.34. The maximum absolute atomic E-state index is 13.5. The first-order chi connectivity index (χ1) is 14.5. The van der Waals surface area contributed by atoms with Crippen LogP contribution in [0.2, 0.25) is 0 Å². The zero-order valence-electron chi connectivity index (χ0n) is 17.2. The van der Waals surface area contributed by atoms with E-state index in [0.29, 0.717) is 29.7 Å².